The highest BCUT2D eigenvalue weighted by atomic mass is 35.5. The van der Waals surface area contributed by atoms with Gasteiger partial charge in [0.1, 0.15) is 5.58 Å². The molecule has 1 fully saturated rings. The number of benzene rings is 2. The summed E-state index contributed by atoms with van der Waals surface area (Å²) in [5, 5.41) is 4.74. The third-order valence-corrected chi connectivity index (χ3v) is 7.13. The molecule has 0 spiro atoms. The highest BCUT2D eigenvalue weighted by Gasteiger charge is 2.34. The van der Waals surface area contributed by atoms with Crippen LogP contribution >= 0.6 is 11.6 Å². The van der Waals surface area contributed by atoms with E-state index in [1.54, 1.807) is 9.80 Å². The molecule has 2 aromatic carbocycles. The second-order valence-corrected chi connectivity index (χ2v) is 9.90. The predicted molar refractivity (Wildman–Crippen MR) is 142 cm³/mol. The van der Waals surface area contributed by atoms with Crippen LogP contribution in [0, 0.1) is 13.8 Å². The van der Waals surface area contributed by atoms with Crippen LogP contribution in [-0.4, -0.2) is 59.7 Å². The molecule has 36 heavy (non-hydrogen) atoms. The summed E-state index contributed by atoms with van der Waals surface area (Å²) >= 11 is 6.14. The van der Waals surface area contributed by atoms with E-state index in [1.165, 1.54) is 0 Å². The molecule has 0 aliphatic carbocycles. The van der Waals surface area contributed by atoms with Crippen molar-refractivity contribution in [2.24, 2.45) is 4.99 Å². The lowest BCUT2D eigenvalue weighted by Crippen LogP contribution is -2.57. The van der Waals surface area contributed by atoms with Crippen LogP contribution in [0.4, 0.5) is 0 Å². The molecule has 2 amide bonds. The third kappa shape index (κ3) is 4.63. The van der Waals surface area contributed by atoms with Gasteiger partial charge in [-0.1, -0.05) is 35.4 Å². The first kappa shape index (κ1) is 24.1. The van der Waals surface area contributed by atoms with Gasteiger partial charge in [0, 0.05) is 54.4 Å². The number of rotatable bonds is 3. The number of hydrogen-bond acceptors (Lipinski definition) is 5. The zero-order valence-electron chi connectivity index (χ0n) is 20.7. The highest BCUT2D eigenvalue weighted by molar-refractivity contribution is 6.38. The number of carbonyl (C=O) groups is 2. The Hall–Kier alpha value is -3.58. The van der Waals surface area contributed by atoms with Crippen LogP contribution in [0.2, 0.25) is 5.02 Å². The van der Waals surface area contributed by atoms with Gasteiger partial charge >= 0.3 is 0 Å². The van der Waals surface area contributed by atoms with Crippen molar-refractivity contribution >= 4 is 45.8 Å². The molecule has 7 nitrogen and oxygen atoms in total. The maximum Gasteiger partial charge on any atom is 0.290 e. The van der Waals surface area contributed by atoms with Crippen molar-refractivity contribution in [3.05, 3.63) is 76.1 Å². The van der Waals surface area contributed by atoms with Gasteiger partial charge in [0.25, 0.3) is 11.8 Å². The molecule has 8 heteroatoms. The first-order chi connectivity index (χ1) is 17.3. The molecule has 0 radical (unpaired) electrons. The molecule has 1 atom stereocenters. The Balaban J connectivity index is 1.26. The van der Waals surface area contributed by atoms with Gasteiger partial charge in [0.2, 0.25) is 0 Å². The number of piperazine rings is 1. The summed E-state index contributed by atoms with van der Waals surface area (Å²) in [6.07, 6.45) is 2.55. The molecule has 1 aromatic heterocycles. The van der Waals surface area contributed by atoms with E-state index in [9.17, 15) is 9.59 Å². The van der Waals surface area contributed by atoms with Crippen molar-refractivity contribution < 1.29 is 14.0 Å². The molecule has 2 aliphatic rings. The fraction of sp³-hybridized carbons (Fsp3) is 0.321. The molecule has 0 bridgehead atoms. The molecular weight excluding hydrogens is 476 g/mol. The summed E-state index contributed by atoms with van der Waals surface area (Å²) in [4.78, 5) is 34.7. The first-order valence-electron chi connectivity index (χ1n) is 12.2. The van der Waals surface area contributed by atoms with Crippen molar-refractivity contribution in [2.75, 3.05) is 26.2 Å². The number of aliphatic imine (C=N–C) groups is 1. The van der Waals surface area contributed by atoms with Crippen LogP contribution in [0.15, 0.2) is 58.1 Å². The Morgan fingerprint density at radius 3 is 2.72 bits per heavy atom. The topological polar surface area (TPSA) is 78.2 Å². The Kier molecular flexibility index (Phi) is 6.58. The van der Waals surface area contributed by atoms with E-state index in [2.05, 4.69) is 10.3 Å². The van der Waals surface area contributed by atoms with Crippen LogP contribution in [0.3, 0.4) is 0 Å². The van der Waals surface area contributed by atoms with Crippen molar-refractivity contribution in [1.29, 1.82) is 0 Å². The van der Waals surface area contributed by atoms with E-state index >= 15 is 0 Å². The van der Waals surface area contributed by atoms with Crippen LogP contribution < -0.4 is 5.32 Å². The zero-order valence-corrected chi connectivity index (χ0v) is 21.4. The lowest BCUT2D eigenvalue weighted by molar-refractivity contribution is -0.126. The summed E-state index contributed by atoms with van der Waals surface area (Å²) in [5.41, 5.74) is 4.74. The fourth-order valence-corrected chi connectivity index (χ4v) is 5.06. The second-order valence-electron chi connectivity index (χ2n) is 9.46. The summed E-state index contributed by atoms with van der Waals surface area (Å²) in [5.74, 6) is 0.395. The molecule has 186 valence electrons. The number of fused-ring (bicyclic) bond motifs is 1. The predicted octanol–water partition coefficient (Wildman–Crippen LogP) is 4.81. The second kappa shape index (κ2) is 9.82. The van der Waals surface area contributed by atoms with Gasteiger partial charge in [-0.3, -0.25) is 14.6 Å². The van der Waals surface area contributed by atoms with Crippen molar-refractivity contribution in [2.45, 2.75) is 33.2 Å². The van der Waals surface area contributed by atoms with Crippen LogP contribution in [0.25, 0.3) is 16.5 Å². The fourth-order valence-electron chi connectivity index (χ4n) is 4.87. The molecule has 3 heterocycles. The normalized spacial score (nSPS) is 18.4. The molecule has 3 aromatic rings. The summed E-state index contributed by atoms with van der Waals surface area (Å²) in [7, 11) is 0. The standard InChI is InChI=1S/C28H29ClN4O3/c1-17-7-8-24-23(13-17)19(3)25(36-24)27(34)33-12-11-32(16-18(33)2)28(35)26-30-10-9-21(15-31-26)20-5-4-6-22(29)14-20/h4-8,13-15,18H,9-12,16H2,1-3H3,(H,30,31). The number of nitrogens with zero attached hydrogens (tertiary/aromatic N) is 3. The zero-order chi connectivity index (χ0) is 25.4. The molecule has 1 saturated heterocycles. The average molecular weight is 505 g/mol. The monoisotopic (exact) mass is 504 g/mol. The number of carbonyl (C=O) groups excluding carboxylic acids is 2. The maximum atomic E-state index is 13.4. The van der Waals surface area contributed by atoms with Crippen molar-refractivity contribution in [3.8, 4) is 0 Å². The number of amides is 2. The first-order valence-corrected chi connectivity index (χ1v) is 12.6. The largest absolute Gasteiger partial charge is 0.451 e. The van der Waals surface area contributed by atoms with Gasteiger partial charge in [-0.25, -0.2) is 0 Å². The molecule has 0 saturated carbocycles. The van der Waals surface area contributed by atoms with E-state index in [0.717, 1.165) is 27.6 Å². The summed E-state index contributed by atoms with van der Waals surface area (Å²) < 4.78 is 5.94. The Morgan fingerprint density at radius 2 is 1.94 bits per heavy atom. The SMILES string of the molecule is Cc1ccc2oc(C(=O)N3CCN(C(=O)C4=NCCC(c5cccc(Cl)c5)=CN4)CC3C)c(C)c2c1. The smallest absolute Gasteiger partial charge is 0.290 e. The lowest BCUT2D eigenvalue weighted by atomic mass is 10.0. The molecule has 1 unspecified atom stereocenters. The number of halogens is 1. The number of amidine groups is 1. The maximum absolute atomic E-state index is 13.4. The number of aryl methyl sites for hydroxylation is 2. The van der Waals surface area contributed by atoms with E-state index in [-0.39, 0.29) is 17.9 Å². The summed E-state index contributed by atoms with van der Waals surface area (Å²) in [6, 6.07) is 13.4. The molecular formula is C28H29ClN4O3. The van der Waals surface area contributed by atoms with Gasteiger partial charge in [-0.15, -0.1) is 0 Å². The lowest BCUT2D eigenvalue weighted by Gasteiger charge is -2.39. The Bertz CT molecular complexity index is 1410. The minimum absolute atomic E-state index is 0.139. The van der Waals surface area contributed by atoms with Gasteiger partial charge in [0.15, 0.2) is 11.6 Å². The molecule has 2 aliphatic heterocycles. The van der Waals surface area contributed by atoms with Crippen molar-refractivity contribution in [1.82, 2.24) is 15.1 Å². The van der Waals surface area contributed by atoms with E-state index in [0.29, 0.717) is 54.8 Å². The minimum atomic E-state index is -0.159. The quantitative estimate of drug-likeness (QED) is 0.555. The average Bonchev–Trinajstić information content (AvgIpc) is 3.03. The van der Waals surface area contributed by atoms with E-state index in [1.807, 2.05) is 69.4 Å². The molecule has 5 rings (SSSR count). The van der Waals surface area contributed by atoms with Crippen LogP contribution in [0.1, 0.15) is 40.6 Å². The van der Waals surface area contributed by atoms with Crippen LogP contribution in [0.5, 0.6) is 0 Å². The highest BCUT2D eigenvalue weighted by Crippen LogP contribution is 2.28. The number of furan rings is 1. The van der Waals surface area contributed by atoms with E-state index < -0.39 is 0 Å². The van der Waals surface area contributed by atoms with Crippen molar-refractivity contribution in [3.63, 3.8) is 0 Å². The number of hydrogen-bond donors (Lipinski definition) is 1. The van der Waals surface area contributed by atoms with Gasteiger partial charge < -0.3 is 19.5 Å². The minimum Gasteiger partial charge on any atom is -0.451 e. The summed E-state index contributed by atoms with van der Waals surface area (Å²) in [6.45, 7) is 7.69. The third-order valence-electron chi connectivity index (χ3n) is 6.89. The van der Waals surface area contributed by atoms with E-state index in [4.69, 9.17) is 16.0 Å². The van der Waals surface area contributed by atoms with Crippen LogP contribution in [-0.2, 0) is 4.79 Å². The molecule has 1 N–H and O–H groups in total. The Labute approximate surface area is 215 Å². The van der Waals surface area contributed by atoms with Gasteiger partial charge in [-0.05, 0) is 62.6 Å². The van der Waals surface area contributed by atoms with Gasteiger partial charge in [0.05, 0.1) is 0 Å². The Morgan fingerprint density at radius 1 is 1.11 bits per heavy atom. The number of nitrogens with one attached hydrogen (secondary N) is 1. The van der Waals surface area contributed by atoms with Gasteiger partial charge in [-0.2, -0.15) is 0 Å².